The molecule has 0 aromatic heterocycles. The summed E-state index contributed by atoms with van der Waals surface area (Å²) in [5, 5.41) is 0. The van der Waals surface area contributed by atoms with E-state index in [0.717, 1.165) is 0 Å². The van der Waals surface area contributed by atoms with Crippen LogP contribution >= 0.6 is 40.3 Å². The molecule has 0 unspecified atom stereocenters. The molecule has 0 aromatic carbocycles. The van der Waals surface area contributed by atoms with Crippen molar-refractivity contribution >= 4 is 111 Å². The molecule has 0 aliphatic rings. The van der Waals surface area contributed by atoms with Crippen LogP contribution < -0.4 is 29.4 Å². The third kappa shape index (κ3) is 55.5. The molecule has 43 heavy (non-hydrogen) atoms. The summed E-state index contributed by atoms with van der Waals surface area (Å²) in [6, 6.07) is 0. The maximum atomic E-state index is 10.3. The summed E-state index contributed by atoms with van der Waals surface area (Å²) in [4.78, 5) is 61.9. The zero-order chi connectivity index (χ0) is 35.5. The summed E-state index contributed by atoms with van der Waals surface area (Å²) in [5.74, 6) is 0. The minimum atomic E-state index is -3.07. The molecule has 0 rings (SSSR count). The molecule has 0 saturated carbocycles. The molecule has 31 heteroatoms. The van der Waals surface area contributed by atoms with Gasteiger partial charge < -0.3 is 83.6 Å². The summed E-state index contributed by atoms with van der Waals surface area (Å²) < 4.78 is 50.8. The third-order valence-electron chi connectivity index (χ3n) is 2.68. The van der Waals surface area contributed by atoms with Crippen molar-refractivity contribution in [1.82, 2.24) is 0 Å². The minimum absolute atomic E-state index is 0. The maximum Gasteiger partial charge on any atom is 0.114 e. The van der Waals surface area contributed by atoms with Crippen LogP contribution in [0.3, 0.4) is 0 Å². The first-order valence-electron chi connectivity index (χ1n) is 9.28. The van der Waals surface area contributed by atoms with Gasteiger partial charge in [0.05, 0.1) is 0 Å². The van der Waals surface area contributed by atoms with Crippen molar-refractivity contribution < 1.29 is 105 Å². The Morgan fingerprint density at radius 3 is 0.302 bits per heavy atom. The number of rotatable bonds is 12. The normalized spacial score (nSPS) is 11.6. The van der Waals surface area contributed by atoms with Gasteiger partial charge in [-0.1, -0.05) is 70.8 Å². The van der Waals surface area contributed by atoms with Gasteiger partial charge in [-0.25, -0.2) is 0 Å². The quantitative estimate of drug-likeness (QED) is 0.171. The van der Waals surface area contributed by atoms with Gasteiger partial charge in [-0.15, -0.1) is 0 Å². The molecule has 0 aromatic rings. The molecular weight excluding hydrogens is 906 g/mol. The fraction of sp³-hybridized carbons (Fsp3) is 1.00. The molecule has 0 atom stereocenters. The topological polar surface area (TPSA) is 249 Å². The Labute approximate surface area is 299 Å². The van der Waals surface area contributed by atoms with Crippen LogP contribution in [-0.4, -0.2) is 85.3 Å². The van der Waals surface area contributed by atoms with Crippen molar-refractivity contribution in [3.63, 3.8) is 0 Å². The third-order valence-corrected chi connectivity index (χ3v) is 13.4. The van der Waals surface area contributed by atoms with Crippen LogP contribution in [0.25, 0.3) is 0 Å². The molecule has 0 fully saturated rings. The maximum absolute atomic E-state index is 10.3. The SMILES string of the molecule is COP([O-])(=S)OC.COP([O-])(=S)OC.COP([O-])(=S)OC.COP([O-])(=S)OC.COP([O-])(=S)OC.COP([O-])(=S)OC.[Mo]. The molecular formula is C12H36MoO18P6S6-6. The number of hydrogen-bond donors (Lipinski definition) is 0. The molecule has 0 N–H and O–H groups in total. The van der Waals surface area contributed by atoms with Gasteiger partial charge in [0.1, 0.15) is 40.3 Å². The van der Waals surface area contributed by atoms with Gasteiger partial charge in [0.15, 0.2) is 0 Å². The van der Waals surface area contributed by atoms with Crippen molar-refractivity contribution in [2.24, 2.45) is 0 Å². The van der Waals surface area contributed by atoms with E-state index in [4.69, 9.17) is 0 Å². The minimum Gasteiger partial charge on any atom is -0.780 e. The van der Waals surface area contributed by atoms with E-state index in [1.807, 2.05) is 0 Å². The second-order valence-corrected chi connectivity index (χ2v) is 22.7. The van der Waals surface area contributed by atoms with E-state index in [-0.39, 0.29) is 21.1 Å². The summed E-state index contributed by atoms with van der Waals surface area (Å²) >= 11 is 25.5. The second kappa shape index (κ2) is 34.3. The standard InChI is InChI=1S/6C2H7O3PS.Mo/c6*1-4-6(3,7)5-2;/h6*1-2H3,(H,3,7);/p-6. The molecule has 270 valence electrons. The van der Waals surface area contributed by atoms with Crippen molar-refractivity contribution in [3.8, 4) is 0 Å². The van der Waals surface area contributed by atoms with Crippen molar-refractivity contribution in [2.45, 2.75) is 0 Å². The predicted octanol–water partition coefficient (Wildman–Crippen LogP) is -0.818. The molecule has 18 nitrogen and oxygen atoms in total. The average Bonchev–Trinajstić information content (AvgIpc) is 2.98. The van der Waals surface area contributed by atoms with E-state index in [2.05, 4.69) is 125 Å². The largest absolute Gasteiger partial charge is 0.780 e. The van der Waals surface area contributed by atoms with E-state index < -0.39 is 40.3 Å². The van der Waals surface area contributed by atoms with Gasteiger partial charge in [0.25, 0.3) is 0 Å². The van der Waals surface area contributed by atoms with Crippen LogP contribution in [0.1, 0.15) is 0 Å². The molecule has 0 aliphatic heterocycles. The molecule has 0 radical (unpaired) electrons. The van der Waals surface area contributed by atoms with Crippen molar-refractivity contribution in [1.29, 1.82) is 0 Å². The molecule has 0 aliphatic carbocycles. The van der Waals surface area contributed by atoms with Gasteiger partial charge in [-0.3, -0.25) is 0 Å². The van der Waals surface area contributed by atoms with Gasteiger partial charge in [-0.05, 0) is 0 Å². The van der Waals surface area contributed by atoms with Crippen molar-refractivity contribution in [3.05, 3.63) is 0 Å². The molecule has 0 bridgehead atoms. The van der Waals surface area contributed by atoms with Crippen LogP contribution in [0.15, 0.2) is 0 Å². The van der Waals surface area contributed by atoms with E-state index in [9.17, 15) is 29.4 Å². The fourth-order valence-corrected chi connectivity index (χ4v) is 1.34. The van der Waals surface area contributed by atoms with Gasteiger partial charge in [0.2, 0.25) is 0 Å². The first-order chi connectivity index (χ1) is 18.7. The second-order valence-electron chi connectivity index (χ2n) is 4.87. The predicted molar refractivity (Wildman–Crippen MR) is 170 cm³/mol. The Kier molecular flexibility index (Phi) is 49.5. The first kappa shape index (κ1) is 62.0. The zero-order valence-electron chi connectivity index (χ0n) is 24.9. The molecule has 0 saturated heterocycles. The van der Waals surface area contributed by atoms with Crippen LogP contribution in [0, 0.1) is 0 Å². The summed E-state index contributed by atoms with van der Waals surface area (Å²) in [6.07, 6.45) is 0. The Morgan fingerprint density at radius 2 is 0.302 bits per heavy atom. The molecule has 0 amide bonds. The van der Waals surface area contributed by atoms with Crippen molar-refractivity contribution in [2.75, 3.05) is 85.3 Å². The van der Waals surface area contributed by atoms with E-state index in [0.29, 0.717) is 0 Å². The summed E-state index contributed by atoms with van der Waals surface area (Å²) in [6.45, 7) is -18.4. The van der Waals surface area contributed by atoms with Crippen LogP contribution in [0.2, 0.25) is 0 Å². The molecule has 0 heterocycles. The van der Waals surface area contributed by atoms with Gasteiger partial charge >= 0.3 is 0 Å². The Hall–Kier alpha value is 3.87. The summed E-state index contributed by atoms with van der Waals surface area (Å²) in [5.41, 5.74) is 0. The van der Waals surface area contributed by atoms with Crippen LogP contribution in [0.4, 0.5) is 0 Å². The van der Waals surface area contributed by atoms with Crippen LogP contribution in [-0.2, 0) is 146 Å². The monoisotopic (exact) mass is 944 g/mol. The van der Waals surface area contributed by atoms with Crippen LogP contribution in [0.5, 0.6) is 0 Å². The average molecular weight is 943 g/mol. The van der Waals surface area contributed by atoms with E-state index >= 15 is 0 Å². The Morgan fingerprint density at radius 1 is 0.256 bits per heavy atom. The summed E-state index contributed by atoms with van der Waals surface area (Å²) in [7, 11) is 15.0. The fourth-order valence-electron chi connectivity index (χ4n) is 0.447. The number of hydrogen-bond acceptors (Lipinski definition) is 24. The van der Waals surface area contributed by atoms with E-state index in [1.165, 1.54) is 85.3 Å². The van der Waals surface area contributed by atoms with Gasteiger partial charge in [0, 0.05) is 106 Å². The smallest absolute Gasteiger partial charge is 0.114 e. The van der Waals surface area contributed by atoms with E-state index in [1.54, 1.807) is 0 Å². The first-order valence-corrected chi connectivity index (χ1v) is 24.6. The van der Waals surface area contributed by atoms with Gasteiger partial charge in [-0.2, -0.15) is 0 Å². The molecule has 0 spiro atoms. The Bertz CT molecular complexity index is 703. The Balaban J connectivity index is -0.0000000720. The zero-order valence-corrected chi connectivity index (χ0v) is 37.2.